The highest BCUT2D eigenvalue weighted by molar-refractivity contribution is 5.96. The van der Waals surface area contributed by atoms with Crippen molar-refractivity contribution in [2.24, 2.45) is 5.92 Å². The summed E-state index contributed by atoms with van der Waals surface area (Å²) in [6.45, 7) is 5.24. The summed E-state index contributed by atoms with van der Waals surface area (Å²) < 4.78 is 37.8. The Balaban J connectivity index is 2.35. The van der Waals surface area contributed by atoms with Crippen LogP contribution in [0.15, 0.2) is 24.3 Å². The molecule has 0 atom stereocenters. The van der Waals surface area contributed by atoms with E-state index in [2.05, 4.69) is 15.5 Å². The monoisotopic (exact) mass is 311 g/mol. The lowest BCUT2D eigenvalue weighted by Gasteiger charge is -2.10. The molecule has 0 unspecified atom stereocenters. The van der Waals surface area contributed by atoms with Gasteiger partial charge in [0.1, 0.15) is 5.69 Å². The van der Waals surface area contributed by atoms with E-state index in [0.29, 0.717) is 22.6 Å². The van der Waals surface area contributed by atoms with E-state index in [-0.39, 0.29) is 11.8 Å². The number of aromatic nitrogens is 2. The Morgan fingerprint density at radius 3 is 2.32 bits per heavy atom. The molecule has 118 valence electrons. The van der Waals surface area contributed by atoms with E-state index in [1.54, 1.807) is 20.8 Å². The smallest absolute Gasteiger partial charge is 0.322 e. The van der Waals surface area contributed by atoms with Gasteiger partial charge in [-0.15, -0.1) is 0 Å². The van der Waals surface area contributed by atoms with Gasteiger partial charge < -0.3 is 5.32 Å². The number of anilines is 1. The molecule has 0 spiro atoms. The van der Waals surface area contributed by atoms with Crippen LogP contribution in [-0.2, 0) is 11.0 Å². The van der Waals surface area contributed by atoms with Crippen LogP contribution < -0.4 is 5.32 Å². The average Bonchev–Trinajstić information content (AvgIpc) is 2.79. The summed E-state index contributed by atoms with van der Waals surface area (Å²) in [7, 11) is 0. The van der Waals surface area contributed by atoms with Gasteiger partial charge in [-0.2, -0.15) is 18.3 Å². The summed E-state index contributed by atoms with van der Waals surface area (Å²) in [5.41, 5.74) is 1.32. The van der Waals surface area contributed by atoms with E-state index in [1.165, 1.54) is 12.1 Å². The Bertz CT molecular complexity index is 672. The van der Waals surface area contributed by atoms with Gasteiger partial charge in [0.15, 0.2) is 0 Å². The number of aryl methyl sites for hydroxylation is 1. The van der Waals surface area contributed by atoms with Crippen molar-refractivity contribution in [3.8, 4) is 11.3 Å². The van der Waals surface area contributed by atoms with E-state index in [4.69, 9.17) is 0 Å². The Labute approximate surface area is 125 Å². The van der Waals surface area contributed by atoms with Crippen LogP contribution in [0.1, 0.15) is 25.1 Å². The van der Waals surface area contributed by atoms with Crippen molar-refractivity contribution in [1.29, 1.82) is 0 Å². The molecular weight excluding hydrogens is 295 g/mol. The number of aromatic amines is 1. The minimum absolute atomic E-state index is 0.183. The third-order valence-corrected chi connectivity index (χ3v) is 3.21. The molecule has 0 saturated carbocycles. The molecular formula is C15H16F3N3O. The van der Waals surface area contributed by atoms with Crippen molar-refractivity contribution in [2.75, 3.05) is 5.32 Å². The Morgan fingerprint density at radius 2 is 1.82 bits per heavy atom. The van der Waals surface area contributed by atoms with Crippen LogP contribution in [0.2, 0.25) is 0 Å². The standard InChI is InChI=1S/C15H16F3N3O/c1-8(2)14(22)19-12-9(3)20-21-13(12)10-4-6-11(7-5-10)15(16,17)18/h4-8H,1-3H3,(H,19,22)(H,20,21). The lowest BCUT2D eigenvalue weighted by atomic mass is 10.1. The molecule has 4 nitrogen and oxygen atoms in total. The molecule has 0 aliphatic heterocycles. The van der Waals surface area contributed by atoms with Crippen molar-refractivity contribution in [1.82, 2.24) is 10.2 Å². The molecule has 1 aromatic heterocycles. The number of nitrogens with zero attached hydrogens (tertiary/aromatic N) is 1. The van der Waals surface area contributed by atoms with Crippen LogP contribution in [0.5, 0.6) is 0 Å². The van der Waals surface area contributed by atoms with Gasteiger partial charge in [0.2, 0.25) is 5.91 Å². The molecule has 1 heterocycles. The van der Waals surface area contributed by atoms with Gasteiger partial charge in [-0.05, 0) is 19.1 Å². The van der Waals surface area contributed by atoms with Crippen LogP contribution in [-0.4, -0.2) is 16.1 Å². The number of halogens is 3. The average molecular weight is 311 g/mol. The number of benzene rings is 1. The molecule has 0 bridgehead atoms. The number of hydrogen-bond acceptors (Lipinski definition) is 2. The highest BCUT2D eigenvalue weighted by Gasteiger charge is 2.30. The summed E-state index contributed by atoms with van der Waals surface area (Å²) in [5, 5.41) is 9.55. The molecule has 2 N–H and O–H groups in total. The Kier molecular flexibility index (Phi) is 4.25. The second-order valence-electron chi connectivity index (χ2n) is 5.29. The van der Waals surface area contributed by atoms with Crippen LogP contribution in [0.4, 0.5) is 18.9 Å². The summed E-state index contributed by atoms with van der Waals surface area (Å²) in [6, 6.07) is 4.66. The maximum absolute atomic E-state index is 12.6. The Hall–Kier alpha value is -2.31. The third kappa shape index (κ3) is 3.29. The third-order valence-electron chi connectivity index (χ3n) is 3.21. The highest BCUT2D eigenvalue weighted by Crippen LogP contribution is 2.33. The van der Waals surface area contributed by atoms with Crippen LogP contribution in [0.25, 0.3) is 11.3 Å². The molecule has 1 amide bonds. The first-order valence-corrected chi connectivity index (χ1v) is 6.73. The van der Waals surface area contributed by atoms with Gasteiger partial charge in [-0.3, -0.25) is 9.89 Å². The summed E-state index contributed by atoms with van der Waals surface area (Å²) >= 11 is 0. The number of amides is 1. The molecule has 2 rings (SSSR count). The van der Waals surface area contributed by atoms with E-state index >= 15 is 0 Å². The molecule has 0 radical (unpaired) electrons. The van der Waals surface area contributed by atoms with Crippen LogP contribution in [0, 0.1) is 12.8 Å². The Morgan fingerprint density at radius 1 is 1.23 bits per heavy atom. The number of carbonyl (C=O) groups excluding carboxylic acids is 1. The van der Waals surface area contributed by atoms with Crippen molar-refractivity contribution < 1.29 is 18.0 Å². The highest BCUT2D eigenvalue weighted by atomic mass is 19.4. The molecule has 22 heavy (non-hydrogen) atoms. The number of alkyl halides is 3. The molecule has 7 heteroatoms. The second-order valence-corrected chi connectivity index (χ2v) is 5.29. The molecule has 2 aromatic rings. The van der Waals surface area contributed by atoms with E-state index in [0.717, 1.165) is 12.1 Å². The van der Waals surface area contributed by atoms with E-state index in [9.17, 15) is 18.0 Å². The summed E-state index contributed by atoms with van der Waals surface area (Å²) in [5.74, 6) is -0.396. The van der Waals surface area contributed by atoms with Gasteiger partial charge in [0, 0.05) is 11.5 Å². The number of nitrogens with one attached hydrogen (secondary N) is 2. The number of H-pyrrole nitrogens is 1. The van der Waals surface area contributed by atoms with E-state index in [1.807, 2.05) is 0 Å². The maximum atomic E-state index is 12.6. The van der Waals surface area contributed by atoms with Crippen molar-refractivity contribution in [3.05, 3.63) is 35.5 Å². The topological polar surface area (TPSA) is 57.8 Å². The lowest BCUT2D eigenvalue weighted by molar-refractivity contribution is -0.137. The van der Waals surface area contributed by atoms with Gasteiger partial charge in [-0.1, -0.05) is 26.0 Å². The summed E-state index contributed by atoms with van der Waals surface area (Å²) in [6.07, 6.45) is -4.38. The fraction of sp³-hybridized carbons (Fsp3) is 0.333. The number of hydrogen-bond donors (Lipinski definition) is 2. The fourth-order valence-corrected chi connectivity index (χ4v) is 1.88. The van der Waals surface area contributed by atoms with E-state index < -0.39 is 11.7 Å². The molecule has 0 aliphatic rings. The minimum Gasteiger partial charge on any atom is -0.322 e. The number of rotatable bonds is 3. The largest absolute Gasteiger partial charge is 0.416 e. The second kappa shape index (κ2) is 5.82. The predicted octanol–water partition coefficient (Wildman–Crippen LogP) is 4.00. The lowest BCUT2D eigenvalue weighted by Crippen LogP contribution is -2.18. The molecule has 0 saturated heterocycles. The number of carbonyl (C=O) groups is 1. The SMILES string of the molecule is Cc1[nH]nc(-c2ccc(C(F)(F)F)cc2)c1NC(=O)C(C)C. The van der Waals surface area contributed by atoms with Crippen LogP contribution in [0.3, 0.4) is 0 Å². The maximum Gasteiger partial charge on any atom is 0.416 e. The first-order valence-electron chi connectivity index (χ1n) is 6.73. The van der Waals surface area contributed by atoms with Gasteiger partial charge >= 0.3 is 6.18 Å². The molecule has 0 aliphatic carbocycles. The zero-order valence-corrected chi connectivity index (χ0v) is 12.4. The van der Waals surface area contributed by atoms with Crippen LogP contribution >= 0.6 is 0 Å². The first-order chi connectivity index (χ1) is 10.2. The van der Waals surface area contributed by atoms with Crippen molar-refractivity contribution in [2.45, 2.75) is 26.9 Å². The normalized spacial score (nSPS) is 11.8. The fourth-order valence-electron chi connectivity index (χ4n) is 1.88. The quantitative estimate of drug-likeness (QED) is 0.900. The van der Waals surface area contributed by atoms with Crippen molar-refractivity contribution in [3.63, 3.8) is 0 Å². The summed E-state index contributed by atoms with van der Waals surface area (Å²) in [4.78, 5) is 11.8. The zero-order chi connectivity index (χ0) is 16.5. The van der Waals surface area contributed by atoms with Gasteiger partial charge in [0.25, 0.3) is 0 Å². The molecule has 0 fully saturated rings. The molecule has 1 aromatic carbocycles. The van der Waals surface area contributed by atoms with Crippen molar-refractivity contribution >= 4 is 11.6 Å². The van der Waals surface area contributed by atoms with Gasteiger partial charge in [0.05, 0.1) is 16.9 Å². The predicted molar refractivity (Wildman–Crippen MR) is 77.2 cm³/mol. The first kappa shape index (κ1) is 16.1. The van der Waals surface area contributed by atoms with Gasteiger partial charge in [-0.25, -0.2) is 0 Å². The minimum atomic E-state index is -4.38. The zero-order valence-electron chi connectivity index (χ0n) is 12.4.